The summed E-state index contributed by atoms with van der Waals surface area (Å²) in [5.74, 6) is -1.84. The zero-order valence-electron chi connectivity index (χ0n) is 5.77. The molecule has 0 unspecified atom stereocenters. The molecule has 0 amide bonds. The molecule has 0 fully saturated rings. The molecule has 0 heterocycles. The number of halogens is 3. The summed E-state index contributed by atoms with van der Waals surface area (Å²) in [6, 6.07) is 3.31. The van der Waals surface area contributed by atoms with Crippen molar-refractivity contribution in [1.82, 2.24) is 0 Å². The highest BCUT2D eigenvalue weighted by Crippen LogP contribution is 2.13. The van der Waals surface area contributed by atoms with Crippen molar-refractivity contribution in [2.45, 2.75) is 0 Å². The van der Waals surface area contributed by atoms with Crippen LogP contribution in [-0.4, -0.2) is 4.45 Å². The molecule has 0 atom stereocenters. The third-order valence-corrected chi connectivity index (χ3v) is 1.36. The van der Waals surface area contributed by atoms with Gasteiger partial charge in [0.15, 0.2) is 16.1 Å². The molecular formula is C7H4ClF2NS. The van der Waals surface area contributed by atoms with E-state index in [1.807, 2.05) is 0 Å². The minimum Gasteiger partial charge on any atom is -0.337 e. The van der Waals surface area contributed by atoms with Crippen LogP contribution in [0.15, 0.2) is 18.2 Å². The van der Waals surface area contributed by atoms with Crippen molar-refractivity contribution in [2.24, 2.45) is 0 Å². The number of anilines is 1. The first kappa shape index (κ1) is 9.35. The Morgan fingerprint density at radius 3 is 2.50 bits per heavy atom. The van der Waals surface area contributed by atoms with E-state index in [9.17, 15) is 8.78 Å². The fourth-order valence-corrected chi connectivity index (χ4v) is 0.914. The van der Waals surface area contributed by atoms with Gasteiger partial charge in [0.1, 0.15) is 0 Å². The molecule has 1 aromatic carbocycles. The number of benzene rings is 1. The van der Waals surface area contributed by atoms with Gasteiger partial charge in [0.05, 0.1) is 0 Å². The van der Waals surface area contributed by atoms with Gasteiger partial charge in [-0.1, -0.05) is 11.6 Å². The van der Waals surface area contributed by atoms with Crippen LogP contribution in [0.5, 0.6) is 0 Å². The van der Waals surface area contributed by atoms with Crippen LogP contribution >= 0.6 is 23.8 Å². The lowest BCUT2D eigenvalue weighted by molar-refractivity contribution is 0.509. The van der Waals surface area contributed by atoms with Gasteiger partial charge in [-0.05, 0) is 24.4 Å². The van der Waals surface area contributed by atoms with Crippen molar-refractivity contribution in [2.75, 3.05) is 5.32 Å². The van der Waals surface area contributed by atoms with Gasteiger partial charge >= 0.3 is 0 Å². The van der Waals surface area contributed by atoms with Crippen molar-refractivity contribution in [3.63, 3.8) is 0 Å². The van der Waals surface area contributed by atoms with E-state index in [1.54, 1.807) is 0 Å². The molecule has 0 aliphatic heterocycles. The quantitative estimate of drug-likeness (QED) is 0.432. The van der Waals surface area contributed by atoms with Crippen LogP contribution in [0, 0.1) is 11.6 Å². The third-order valence-electron chi connectivity index (χ3n) is 1.16. The van der Waals surface area contributed by atoms with E-state index >= 15 is 0 Å². The van der Waals surface area contributed by atoms with Crippen molar-refractivity contribution >= 4 is 34.0 Å². The fraction of sp³-hybridized carbons (Fsp3) is 0. The summed E-state index contributed by atoms with van der Waals surface area (Å²) in [4.78, 5) is 0. The first-order valence-electron chi connectivity index (χ1n) is 3.01. The average molecular weight is 208 g/mol. The molecule has 12 heavy (non-hydrogen) atoms. The van der Waals surface area contributed by atoms with E-state index in [-0.39, 0.29) is 4.45 Å². The molecule has 0 aliphatic rings. The topological polar surface area (TPSA) is 12.0 Å². The Hall–Kier alpha value is -0.740. The standard InChI is InChI=1S/C7H4ClF2NS/c8-7(12)11-4-1-2-5(9)6(10)3-4/h1-3H,(H,11,12). The molecule has 0 radical (unpaired) electrons. The molecule has 1 aromatic rings. The Kier molecular flexibility index (Phi) is 2.94. The van der Waals surface area contributed by atoms with E-state index < -0.39 is 11.6 Å². The van der Waals surface area contributed by atoms with Gasteiger partial charge < -0.3 is 5.32 Å². The molecular weight excluding hydrogens is 204 g/mol. The minimum atomic E-state index is -0.937. The highest BCUT2D eigenvalue weighted by molar-refractivity contribution is 7.83. The van der Waals surface area contributed by atoms with Crippen LogP contribution in [0.1, 0.15) is 0 Å². The monoisotopic (exact) mass is 207 g/mol. The van der Waals surface area contributed by atoms with Crippen molar-refractivity contribution in [3.05, 3.63) is 29.8 Å². The van der Waals surface area contributed by atoms with E-state index in [1.165, 1.54) is 6.07 Å². The molecule has 0 aliphatic carbocycles. The van der Waals surface area contributed by atoms with Crippen LogP contribution in [0.25, 0.3) is 0 Å². The highest BCUT2D eigenvalue weighted by Gasteiger charge is 2.01. The molecule has 0 saturated carbocycles. The molecule has 0 spiro atoms. The summed E-state index contributed by atoms with van der Waals surface area (Å²) in [7, 11) is 0. The van der Waals surface area contributed by atoms with Gasteiger partial charge in [-0.25, -0.2) is 8.78 Å². The molecule has 0 bridgehead atoms. The first-order chi connectivity index (χ1) is 5.59. The summed E-state index contributed by atoms with van der Waals surface area (Å²) in [6.07, 6.45) is 0. The van der Waals surface area contributed by atoms with E-state index in [2.05, 4.69) is 17.5 Å². The summed E-state index contributed by atoms with van der Waals surface area (Å²) in [5.41, 5.74) is 0.328. The molecule has 0 saturated heterocycles. The molecule has 1 N–H and O–H groups in total. The number of nitrogens with one attached hydrogen (secondary N) is 1. The fourth-order valence-electron chi connectivity index (χ4n) is 0.687. The number of hydrogen-bond donors (Lipinski definition) is 1. The van der Waals surface area contributed by atoms with Gasteiger partial charge in [-0.3, -0.25) is 0 Å². The average Bonchev–Trinajstić information content (AvgIpc) is 1.96. The largest absolute Gasteiger partial charge is 0.337 e. The zero-order valence-corrected chi connectivity index (χ0v) is 7.35. The summed E-state index contributed by atoms with van der Waals surface area (Å²) >= 11 is 9.80. The van der Waals surface area contributed by atoms with Gasteiger partial charge in [0.25, 0.3) is 0 Å². The van der Waals surface area contributed by atoms with Gasteiger partial charge in [0, 0.05) is 11.8 Å². The highest BCUT2D eigenvalue weighted by atomic mass is 35.5. The van der Waals surface area contributed by atoms with Crippen molar-refractivity contribution < 1.29 is 8.78 Å². The Morgan fingerprint density at radius 2 is 2.00 bits per heavy atom. The van der Waals surface area contributed by atoms with Crippen LogP contribution in [0.2, 0.25) is 0 Å². The van der Waals surface area contributed by atoms with Gasteiger partial charge in [-0.15, -0.1) is 0 Å². The van der Waals surface area contributed by atoms with Crippen molar-refractivity contribution in [1.29, 1.82) is 0 Å². The molecule has 0 aromatic heterocycles. The minimum absolute atomic E-state index is 0.0130. The molecule has 5 heteroatoms. The maximum absolute atomic E-state index is 12.5. The third kappa shape index (κ3) is 2.39. The Bertz CT molecular complexity index is 316. The maximum atomic E-state index is 12.5. The second-order valence-corrected chi connectivity index (χ2v) is 3.04. The second kappa shape index (κ2) is 3.78. The second-order valence-electron chi connectivity index (χ2n) is 2.03. The lowest BCUT2D eigenvalue weighted by Crippen LogP contribution is -2.01. The predicted molar refractivity (Wildman–Crippen MR) is 48.4 cm³/mol. The van der Waals surface area contributed by atoms with Gasteiger partial charge in [0.2, 0.25) is 0 Å². The van der Waals surface area contributed by atoms with E-state index in [0.717, 1.165) is 12.1 Å². The zero-order chi connectivity index (χ0) is 9.14. The smallest absolute Gasteiger partial charge is 0.171 e. The van der Waals surface area contributed by atoms with Gasteiger partial charge in [-0.2, -0.15) is 0 Å². The number of rotatable bonds is 1. The van der Waals surface area contributed by atoms with E-state index in [4.69, 9.17) is 11.6 Å². The molecule has 64 valence electrons. The summed E-state index contributed by atoms with van der Waals surface area (Å²) < 4.78 is 24.9. The lowest BCUT2D eigenvalue weighted by Gasteiger charge is -2.01. The lowest BCUT2D eigenvalue weighted by atomic mass is 10.3. The van der Waals surface area contributed by atoms with Crippen LogP contribution in [0.4, 0.5) is 14.5 Å². The van der Waals surface area contributed by atoms with Crippen LogP contribution in [0.3, 0.4) is 0 Å². The SMILES string of the molecule is Fc1ccc(NC(=S)Cl)cc1F. The predicted octanol–water partition coefficient (Wildman–Crippen LogP) is 2.90. The first-order valence-corrected chi connectivity index (χ1v) is 3.80. The number of hydrogen-bond acceptors (Lipinski definition) is 1. The van der Waals surface area contributed by atoms with Crippen LogP contribution in [-0.2, 0) is 0 Å². The van der Waals surface area contributed by atoms with Crippen LogP contribution < -0.4 is 5.32 Å². The Morgan fingerprint density at radius 1 is 1.33 bits per heavy atom. The number of thiocarbonyl (C=S) groups is 1. The Labute approximate surface area is 78.3 Å². The normalized spacial score (nSPS) is 9.58. The van der Waals surface area contributed by atoms with Crippen molar-refractivity contribution in [3.8, 4) is 0 Å². The maximum Gasteiger partial charge on any atom is 0.171 e. The molecule has 1 nitrogen and oxygen atoms in total. The summed E-state index contributed by atoms with van der Waals surface area (Å²) in [5, 5.41) is 2.46. The molecule has 1 rings (SSSR count). The summed E-state index contributed by atoms with van der Waals surface area (Å²) in [6.45, 7) is 0. The Balaban J connectivity index is 2.89. The van der Waals surface area contributed by atoms with E-state index in [0.29, 0.717) is 5.69 Å².